The highest BCUT2D eigenvalue weighted by Crippen LogP contribution is 1.94. The van der Waals surface area contributed by atoms with Gasteiger partial charge in [0.1, 0.15) is 9.84 Å². The van der Waals surface area contributed by atoms with Gasteiger partial charge in [-0.3, -0.25) is 10.3 Å². The van der Waals surface area contributed by atoms with Gasteiger partial charge in [0.05, 0.1) is 12.3 Å². The van der Waals surface area contributed by atoms with E-state index in [4.69, 9.17) is 5.26 Å². The molecule has 0 atom stereocenters. The van der Waals surface area contributed by atoms with Gasteiger partial charge in [-0.2, -0.15) is 5.26 Å². The number of nitriles is 1. The van der Waals surface area contributed by atoms with Crippen LogP contribution in [-0.4, -0.2) is 38.4 Å². The lowest BCUT2D eigenvalue weighted by Crippen LogP contribution is -2.15. The van der Waals surface area contributed by atoms with Gasteiger partial charge < -0.3 is 0 Å². The number of aliphatic imine (C=N–C) groups is 1. The van der Waals surface area contributed by atoms with Gasteiger partial charge in [-0.1, -0.05) is 11.8 Å². The van der Waals surface area contributed by atoms with Crippen molar-refractivity contribution in [1.82, 2.24) is 5.32 Å². The summed E-state index contributed by atoms with van der Waals surface area (Å²) in [6.07, 6.45) is 4.62. The summed E-state index contributed by atoms with van der Waals surface area (Å²) < 4.78 is 21.4. The molecule has 0 aromatic carbocycles. The lowest BCUT2D eigenvalue weighted by Gasteiger charge is -1.98. The number of hydrogen-bond acceptors (Lipinski definition) is 5. The van der Waals surface area contributed by atoms with Crippen molar-refractivity contribution in [3.05, 3.63) is 0 Å². The van der Waals surface area contributed by atoms with E-state index in [9.17, 15) is 8.42 Å². The zero-order valence-corrected chi connectivity index (χ0v) is 9.07. The molecule has 0 spiro atoms. The summed E-state index contributed by atoms with van der Waals surface area (Å²) in [6, 6.07) is 0. The minimum absolute atomic E-state index is 0.00414. The maximum Gasteiger partial charge on any atom is 0.183 e. The minimum Gasteiger partial charge on any atom is -0.272 e. The molecule has 0 fully saturated rings. The molecule has 0 amide bonds. The van der Waals surface area contributed by atoms with E-state index in [1.807, 2.05) is 0 Å². The highest BCUT2D eigenvalue weighted by molar-refractivity contribution is 8.13. The van der Waals surface area contributed by atoms with Gasteiger partial charge in [0.25, 0.3) is 0 Å². The molecular weight excluding hydrogens is 210 g/mol. The Hall–Kier alpha value is -0.740. The number of amidine groups is 1. The van der Waals surface area contributed by atoms with Crippen LogP contribution in [0.3, 0.4) is 0 Å². The van der Waals surface area contributed by atoms with Crippen LogP contribution in [0.5, 0.6) is 0 Å². The molecule has 0 aliphatic rings. The summed E-state index contributed by atoms with van der Waals surface area (Å²) in [4.78, 5) is 3.88. The van der Waals surface area contributed by atoms with E-state index in [1.165, 1.54) is 11.8 Å². The van der Waals surface area contributed by atoms with Gasteiger partial charge in [0.15, 0.2) is 11.4 Å². The Kier molecular flexibility index (Phi) is 5.50. The van der Waals surface area contributed by atoms with Crippen LogP contribution in [0.15, 0.2) is 4.99 Å². The van der Waals surface area contributed by atoms with E-state index < -0.39 is 9.84 Å². The Morgan fingerprint density at radius 1 is 1.69 bits per heavy atom. The maximum absolute atomic E-state index is 10.7. The number of hydrogen-bond donors (Lipinski definition) is 1. The second-order valence-corrected chi connectivity index (χ2v) is 5.31. The van der Waals surface area contributed by atoms with Crippen LogP contribution >= 0.6 is 11.8 Å². The quantitative estimate of drug-likeness (QED) is 0.309. The smallest absolute Gasteiger partial charge is 0.183 e. The van der Waals surface area contributed by atoms with Gasteiger partial charge in [-0.25, -0.2) is 8.42 Å². The van der Waals surface area contributed by atoms with Crippen LogP contribution in [0.2, 0.25) is 0 Å². The Bertz CT molecular complexity index is 315. The number of nitrogens with zero attached hydrogens (tertiary/aromatic N) is 2. The van der Waals surface area contributed by atoms with Crippen molar-refractivity contribution in [3.8, 4) is 6.19 Å². The summed E-state index contributed by atoms with van der Waals surface area (Å²) in [7, 11) is -2.97. The van der Waals surface area contributed by atoms with Gasteiger partial charge in [0.2, 0.25) is 0 Å². The fourth-order valence-electron chi connectivity index (χ4n) is 0.516. The molecule has 0 aromatic heterocycles. The normalized spacial score (nSPS) is 12.2. The molecule has 13 heavy (non-hydrogen) atoms. The third-order valence-electron chi connectivity index (χ3n) is 1.07. The molecule has 5 nitrogen and oxygen atoms in total. The zero-order valence-electron chi connectivity index (χ0n) is 7.44. The van der Waals surface area contributed by atoms with Gasteiger partial charge in [0, 0.05) is 6.26 Å². The topological polar surface area (TPSA) is 82.3 Å². The first-order valence-corrected chi connectivity index (χ1v) is 6.69. The Balaban J connectivity index is 4.03. The number of thioether (sulfide) groups is 1. The molecular formula is C6H11N3O2S2. The summed E-state index contributed by atoms with van der Waals surface area (Å²) in [5, 5.41) is 11.0. The highest BCUT2D eigenvalue weighted by atomic mass is 32.2. The van der Waals surface area contributed by atoms with Crippen molar-refractivity contribution in [2.45, 2.75) is 0 Å². The first-order chi connectivity index (χ1) is 5.99. The van der Waals surface area contributed by atoms with Crippen molar-refractivity contribution in [3.63, 3.8) is 0 Å². The molecule has 0 saturated carbocycles. The first-order valence-electron chi connectivity index (χ1n) is 3.41. The lowest BCUT2D eigenvalue weighted by atomic mass is 10.8. The van der Waals surface area contributed by atoms with Gasteiger partial charge >= 0.3 is 0 Å². The van der Waals surface area contributed by atoms with Crippen LogP contribution in [0.1, 0.15) is 0 Å². The van der Waals surface area contributed by atoms with E-state index >= 15 is 0 Å². The van der Waals surface area contributed by atoms with Crippen molar-refractivity contribution in [2.24, 2.45) is 4.99 Å². The molecule has 0 aromatic rings. The molecule has 0 radical (unpaired) electrons. The van der Waals surface area contributed by atoms with Crippen molar-refractivity contribution < 1.29 is 8.42 Å². The molecule has 0 saturated heterocycles. The van der Waals surface area contributed by atoms with E-state index in [0.717, 1.165) is 6.26 Å². The van der Waals surface area contributed by atoms with E-state index in [-0.39, 0.29) is 12.3 Å². The van der Waals surface area contributed by atoms with Gasteiger partial charge in [-0.15, -0.1) is 0 Å². The number of nitrogens with one attached hydrogen (secondary N) is 1. The van der Waals surface area contributed by atoms with Crippen molar-refractivity contribution >= 4 is 26.8 Å². The van der Waals surface area contributed by atoms with Crippen LogP contribution in [0.4, 0.5) is 0 Å². The van der Waals surface area contributed by atoms with E-state index in [2.05, 4.69) is 10.3 Å². The summed E-state index contributed by atoms with van der Waals surface area (Å²) in [6.45, 7) is 0.184. The molecule has 0 aliphatic heterocycles. The molecule has 7 heteroatoms. The monoisotopic (exact) mass is 221 g/mol. The number of rotatable bonds is 3. The standard InChI is InChI=1S/C6H11N3O2S2/c1-12-6(9-5-7)8-3-4-13(2,10)11/h3-4H2,1-2H3,(H,8,9). The molecule has 1 N–H and O–H groups in total. The molecule has 0 bridgehead atoms. The zero-order chi connectivity index (χ0) is 10.3. The lowest BCUT2D eigenvalue weighted by molar-refractivity contribution is 0.601. The molecule has 0 rings (SSSR count). The molecule has 0 heterocycles. The predicted molar refractivity (Wildman–Crippen MR) is 54.3 cm³/mol. The predicted octanol–water partition coefficient (Wildman–Crippen LogP) is -0.179. The maximum atomic E-state index is 10.7. The summed E-state index contributed by atoms with van der Waals surface area (Å²) in [5.74, 6) is 0.00414. The first kappa shape index (κ1) is 12.3. The van der Waals surface area contributed by atoms with Crippen molar-refractivity contribution in [1.29, 1.82) is 5.26 Å². The van der Waals surface area contributed by atoms with Crippen LogP contribution < -0.4 is 5.32 Å². The Morgan fingerprint density at radius 2 is 2.31 bits per heavy atom. The van der Waals surface area contributed by atoms with Crippen LogP contribution in [-0.2, 0) is 9.84 Å². The molecule has 0 aliphatic carbocycles. The van der Waals surface area contributed by atoms with Crippen LogP contribution in [0, 0.1) is 11.5 Å². The third kappa shape index (κ3) is 7.62. The fraction of sp³-hybridized carbons (Fsp3) is 0.667. The summed E-state index contributed by atoms with van der Waals surface area (Å²) >= 11 is 1.27. The second-order valence-electron chi connectivity index (χ2n) is 2.26. The third-order valence-corrected chi connectivity index (χ3v) is 2.62. The Morgan fingerprint density at radius 3 is 2.69 bits per heavy atom. The highest BCUT2D eigenvalue weighted by Gasteiger charge is 2.00. The largest absolute Gasteiger partial charge is 0.272 e. The van der Waals surface area contributed by atoms with E-state index in [0.29, 0.717) is 5.17 Å². The SMILES string of the molecule is CSC(=NCCS(C)(=O)=O)NC#N. The van der Waals surface area contributed by atoms with E-state index in [1.54, 1.807) is 12.4 Å². The minimum atomic E-state index is -2.97. The average Bonchev–Trinajstić information content (AvgIpc) is 2.01. The Labute approximate surface area is 82.2 Å². The summed E-state index contributed by atoms with van der Waals surface area (Å²) in [5.41, 5.74) is 0. The van der Waals surface area contributed by atoms with Gasteiger partial charge in [-0.05, 0) is 6.26 Å². The number of sulfone groups is 1. The molecule has 74 valence electrons. The average molecular weight is 221 g/mol. The fourth-order valence-corrected chi connectivity index (χ4v) is 1.31. The molecule has 0 unspecified atom stereocenters. The second kappa shape index (κ2) is 5.83. The van der Waals surface area contributed by atoms with Crippen molar-refractivity contribution in [2.75, 3.05) is 24.8 Å². The van der Waals surface area contributed by atoms with Crippen LogP contribution in [0.25, 0.3) is 0 Å².